The number of unbranched alkanes of at least 4 members (excludes halogenated alkanes) is 1. The first-order chi connectivity index (χ1) is 14.8. The first-order valence-corrected chi connectivity index (χ1v) is 10.3. The van der Waals surface area contributed by atoms with Gasteiger partial charge in [-0.3, -0.25) is 18.7 Å². The van der Waals surface area contributed by atoms with Crippen LogP contribution >= 0.6 is 0 Å². The molecule has 1 N–H and O–H groups in total. The molecular formula is C22H28N4O5. The van der Waals surface area contributed by atoms with Gasteiger partial charge in [-0.05, 0) is 31.7 Å². The van der Waals surface area contributed by atoms with Gasteiger partial charge in [-0.1, -0.05) is 30.3 Å². The van der Waals surface area contributed by atoms with E-state index < -0.39 is 11.2 Å². The summed E-state index contributed by atoms with van der Waals surface area (Å²) in [5, 5.41) is 9.79. The Bertz CT molecular complexity index is 1180. The molecule has 0 radical (unpaired) electrons. The van der Waals surface area contributed by atoms with E-state index in [1.54, 1.807) is 11.6 Å². The second kappa shape index (κ2) is 9.74. The SMILES string of the molecule is CC(=O)OC(C)CCCCn1c(=O)c2c(nc(CO)n2Cc2ccccc2)n(C)c1=O. The zero-order valence-corrected chi connectivity index (χ0v) is 18.1. The first kappa shape index (κ1) is 22.5. The zero-order valence-electron chi connectivity index (χ0n) is 18.1. The number of rotatable bonds is 9. The smallest absolute Gasteiger partial charge is 0.332 e. The molecule has 0 bridgehead atoms. The Morgan fingerprint density at radius 3 is 2.52 bits per heavy atom. The van der Waals surface area contributed by atoms with Gasteiger partial charge in [-0.15, -0.1) is 0 Å². The first-order valence-electron chi connectivity index (χ1n) is 10.3. The van der Waals surface area contributed by atoms with Gasteiger partial charge in [0.2, 0.25) is 0 Å². The molecular weight excluding hydrogens is 400 g/mol. The van der Waals surface area contributed by atoms with Crippen LogP contribution in [-0.4, -0.2) is 35.9 Å². The van der Waals surface area contributed by atoms with Gasteiger partial charge in [0.15, 0.2) is 11.2 Å². The topological polar surface area (TPSA) is 108 Å². The molecule has 0 aliphatic rings. The summed E-state index contributed by atoms with van der Waals surface area (Å²) in [5.74, 6) is 0.00770. The molecule has 2 aromatic heterocycles. The molecule has 0 fully saturated rings. The summed E-state index contributed by atoms with van der Waals surface area (Å²) in [5.41, 5.74) is 0.641. The highest BCUT2D eigenvalue weighted by atomic mass is 16.5. The number of aromatic nitrogens is 4. The van der Waals surface area contributed by atoms with Crippen LogP contribution in [0.4, 0.5) is 0 Å². The van der Waals surface area contributed by atoms with Crippen molar-refractivity contribution in [3.05, 3.63) is 62.6 Å². The minimum atomic E-state index is -0.445. The number of esters is 1. The molecule has 0 saturated heterocycles. The third-order valence-electron chi connectivity index (χ3n) is 5.25. The fourth-order valence-electron chi connectivity index (χ4n) is 3.71. The maximum absolute atomic E-state index is 13.3. The Labute approximate surface area is 179 Å². The fourth-order valence-corrected chi connectivity index (χ4v) is 3.71. The van der Waals surface area contributed by atoms with Crippen LogP contribution in [0.1, 0.15) is 44.5 Å². The van der Waals surface area contributed by atoms with Gasteiger partial charge in [0.25, 0.3) is 5.56 Å². The van der Waals surface area contributed by atoms with E-state index in [1.807, 2.05) is 37.3 Å². The average Bonchev–Trinajstić information content (AvgIpc) is 3.10. The third-order valence-corrected chi connectivity index (χ3v) is 5.25. The van der Waals surface area contributed by atoms with Gasteiger partial charge in [-0.25, -0.2) is 9.78 Å². The molecule has 1 unspecified atom stereocenters. The molecule has 0 spiro atoms. The molecule has 1 atom stereocenters. The summed E-state index contributed by atoms with van der Waals surface area (Å²) in [4.78, 5) is 41.4. The maximum atomic E-state index is 13.3. The molecule has 0 saturated carbocycles. The lowest BCUT2D eigenvalue weighted by molar-refractivity contribution is -0.145. The van der Waals surface area contributed by atoms with Crippen LogP contribution < -0.4 is 11.2 Å². The van der Waals surface area contributed by atoms with E-state index in [4.69, 9.17) is 4.74 Å². The van der Waals surface area contributed by atoms with E-state index in [9.17, 15) is 19.5 Å². The lowest BCUT2D eigenvalue weighted by Crippen LogP contribution is -2.39. The quantitative estimate of drug-likeness (QED) is 0.409. The Kier molecular flexibility index (Phi) is 7.06. The standard InChI is InChI=1S/C22H28N4O5/c1-15(31-16(2)28)9-7-8-12-25-21(29)19-20(24(3)22(25)30)23-18(14-27)26(19)13-17-10-5-4-6-11-17/h4-6,10-11,15,27H,7-9,12-14H2,1-3H3. The maximum Gasteiger partial charge on any atom is 0.332 e. The number of carbonyl (C=O) groups is 1. The van der Waals surface area contributed by atoms with Crippen LogP contribution in [0, 0.1) is 0 Å². The molecule has 3 rings (SSSR count). The Hall–Kier alpha value is -3.20. The number of hydrogen-bond donors (Lipinski definition) is 1. The van der Waals surface area contributed by atoms with Gasteiger partial charge in [-0.2, -0.15) is 0 Å². The fraction of sp³-hybridized carbons (Fsp3) is 0.455. The zero-order chi connectivity index (χ0) is 22.5. The van der Waals surface area contributed by atoms with Crippen molar-refractivity contribution in [3.63, 3.8) is 0 Å². The molecule has 31 heavy (non-hydrogen) atoms. The van der Waals surface area contributed by atoms with Crippen molar-refractivity contribution < 1.29 is 14.6 Å². The largest absolute Gasteiger partial charge is 0.463 e. The number of benzene rings is 1. The van der Waals surface area contributed by atoms with Crippen molar-refractivity contribution in [2.24, 2.45) is 7.05 Å². The second-order valence-corrected chi connectivity index (χ2v) is 7.64. The number of aryl methyl sites for hydroxylation is 1. The monoisotopic (exact) mass is 428 g/mol. The number of fused-ring (bicyclic) bond motifs is 1. The number of aliphatic hydroxyl groups excluding tert-OH is 1. The number of ether oxygens (including phenoxy) is 1. The summed E-state index contributed by atoms with van der Waals surface area (Å²) in [6, 6.07) is 9.56. The van der Waals surface area contributed by atoms with Crippen LogP contribution in [0.2, 0.25) is 0 Å². The molecule has 9 heteroatoms. The van der Waals surface area contributed by atoms with Crippen LogP contribution in [0.5, 0.6) is 0 Å². The molecule has 2 heterocycles. The highest BCUT2D eigenvalue weighted by Gasteiger charge is 2.20. The summed E-state index contributed by atoms with van der Waals surface area (Å²) in [6.07, 6.45) is 1.73. The number of hydrogen-bond acceptors (Lipinski definition) is 6. The van der Waals surface area contributed by atoms with Crippen LogP contribution in [-0.2, 0) is 36.3 Å². The summed E-state index contributed by atoms with van der Waals surface area (Å²) in [7, 11) is 1.57. The molecule has 166 valence electrons. The van der Waals surface area contributed by atoms with Crippen molar-refractivity contribution in [1.29, 1.82) is 0 Å². The lowest BCUT2D eigenvalue weighted by Gasteiger charge is -2.13. The molecule has 0 aliphatic heterocycles. The number of carbonyl (C=O) groups excluding carboxylic acids is 1. The van der Waals surface area contributed by atoms with E-state index in [2.05, 4.69) is 4.98 Å². The number of imidazole rings is 1. The van der Waals surface area contributed by atoms with Gasteiger partial charge < -0.3 is 14.4 Å². The van der Waals surface area contributed by atoms with Crippen molar-refractivity contribution in [2.45, 2.75) is 58.9 Å². The predicted molar refractivity (Wildman–Crippen MR) is 116 cm³/mol. The van der Waals surface area contributed by atoms with Gasteiger partial charge in [0, 0.05) is 27.1 Å². The molecule has 0 aliphatic carbocycles. The minimum Gasteiger partial charge on any atom is -0.463 e. The van der Waals surface area contributed by atoms with Crippen LogP contribution in [0.25, 0.3) is 11.2 Å². The number of aliphatic hydroxyl groups is 1. The summed E-state index contributed by atoms with van der Waals surface area (Å²) in [6.45, 7) is 3.45. The highest BCUT2D eigenvalue weighted by Crippen LogP contribution is 2.14. The molecule has 1 aromatic carbocycles. The van der Waals surface area contributed by atoms with Crippen molar-refractivity contribution in [1.82, 2.24) is 18.7 Å². The van der Waals surface area contributed by atoms with Gasteiger partial charge in [0.05, 0.1) is 6.10 Å². The van der Waals surface area contributed by atoms with Gasteiger partial charge in [0.1, 0.15) is 12.4 Å². The Morgan fingerprint density at radius 2 is 1.87 bits per heavy atom. The third kappa shape index (κ3) is 4.93. The van der Waals surface area contributed by atoms with E-state index in [0.717, 1.165) is 5.56 Å². The Morgan fingerprint density at radius 1 is 1.16 bits per heavy atom. The lowest BCUT2D eigenvalue weighted by atomic mass is 10.1. The van der Waals surface area contributed by atoms with Crippen molar-refractivity contribution >= 4 is 17.1 Å². The summed E-state index contributed by atoms with van der Waals surface area (Å²) < 4.78 is 9.34. The van der Waals surface area contributed by atoms with E-state index in [1.165, 1.54) is 16.1 Å². The highest BCUT2D eigenvalue weighted by molar-refractivity contribution is 5.71. The van der Waals surface area contributed by atoms with E-state index in [0.29, 0.717) is 37.1 Å². The van der Waals surface area contributed by atoms with E-state index >= 15 is 0 Å². The number of nitrogens with zero attached hydrogens (tertiary/aromatic N) is 4. The summed E-state index contributed by atoms with van der Waals surface area (Å²) >= 11 is 0. The predicted octanol–water partition coefficient (Wildman–Crippen LogP) is 1.56. The molecule has 3 aromatic rings. The molecule has 9 nitrogen and oxygen atoms in total. The van der Waals surface area contributed by atoms with Crippen molar-refractivity contribution in [3.8, 4) is 0 Å². The minimum absolute atomic E-state index is 0.209. The van der Waals surface area contributed by atoms with Gasteiger partial charge >= 0.3 is 11.7 Å². The Balaban J connectivity index is 1.92. The second-order valence-electron chi connectivity index (χ2n) is 7.64. The van der Waals surface area contributed by atoms with E-state index in [-0.39, 0.29) is 30.9 Å². The van der Waals surface area contributed by atoms with Crippen LogP contribution in [0.15, 0.2) is 39.9 Å². The van der Waals surface area contributed by atoms with Crippen LogP contribution in [0.3, 0.4) is 0 Å². The normalized spacial score (nSPS) is 12.3. The molecule has 0 amide bonds. The van der Waals surface area contributed by atoms with Crippen molar-refractivity contribution in [2.75, 3.05) is 0 Å². The average molecular weight is 428 g/mol.